The first-order valence-electron chi connectivity index (χ1n) is 13.2. The molecule has 3 aromatic heterocycles. The maximum absolute atomic E-state index is 13.4. The van der Waals surface area contributed by atoms with Gasteiger partial charge in [0.05, 0.1) is 16.6 Å². The third-order valence-electron chi connectivity index (χ3n) is 7.27. The van der Waals surface area contributed by atoms with Crippen LogP contribution in [0.5, 0.6) is 5.75 Å². The zero-order valence-electron chi connectivity index (χ0n) is 22.5. The highest BCUT2D eigenvalue weighted by Gasteiger charge is 2.44. The second kappa shape index (κ2) is 11.2. The van der Waals surface area contributed by atoms with Crippen molar-refractivity contribution in [1.29, 1.82) is 0 Å². The zero-order valence-corrected chi connectivity index (χ0v) is 23.4. The molecule has 1 saturated heterocycles. The summed E-state index contributed by atoms with van der Waals surface area (Å²) in [5.41, 5.74) is 2.09. The standard InChI is InChI=1S/C29H22F6N4O4S/c30-28(31,32)26(40)42-22-7-2-6-20-24(22)25(23-8-3-15-44-23)21(39(20)43-27(41)29(33,34)35)16-37-11-13-38(14-12-37)19-5-1-4-18-17(19)9-10-36-18/h1-10,15,36H,11-14,16H2. The van der Waals surface area contributed by atoms with Crippen LogP contribution in [0.2, 0.25) is 0 Å². The fourth-order valence-electron chi connectivity index (χ4n) is 5.35. The van der Waals surface area contributed by atoms with Gasteiger partial charge in [-0.3, -0.25) is 4.90 Å². The molecule has 0 saturated carbocycles. The third-order valence-corrected chi connectivity index (χ3v) is 8.16. The molecule has 1 aliphatic rings. The number of anilines is 1. The number of ether oxygens (including phenoxy) is 1. The van der Waals surface area contributed by atoms with Gasteiger partial charge in [-0.15, -0.1) is 11.3 Å². The van der Waals surface area contributed by atoms with Gasteiger partial charge in [0.25, 0.3) is 0 Å². The number of rotatable bonds is 6. The van der Waals surface area contributed by atoms with E-state index in [0.717, 1.165) is 22.7 Å². The summed E-state index contributed by atoms with van der Waals surface area (Å²) in [4.78, 5) is 36.5. The van der Waals surface area contributed by atoms with Gasteiger partial charge in [-0.05, 0) is 41.8 Å². The van der Waals surface area contributed by atoms with E-state index in [1.54, 1.807) is 17.5 Å². The molecule has 1 aliphatic heterocycles. The topological polar surface area (TPSA) is 79.8 Å². The van der Waals surface area contributed by atoms with E-state index in [4.69, 9.17) is 9.57 Å². The van der Waals surface area contributed by atoms with E-state index >= 15 is 0 Å². The second-order valence-corrected chi connectivity index (χ2v) is 10.9. The van der Waals surface area contributed by atoms with Crippen molar-refractivity contribution < 1.29 is 45.5 Å². The number of hydrogen-bond acceptors (Lipinski definition) is 7. The largest absolute Gasteiger partial charge is 0.493 e. The predicted octanol–water partition coefficient (Wildman–Crippen LogP) is 6.16. The molecule has 1 N–H and O–H groups in total. The lowest BCUT2D eigenvalue weighted by Crippen LogP contribution is -2.46. The van der Waals surface area contributed by atoms with Crippen LogP contribution in [-0.2, 0) is 16.1 Å². The minimum absolute atomic E-state index is 0.0259. The van der Waals surface area contributed by atoms with Gasteiger partial charge in [-0.2, -0.15) is 31.1 Å². The van der Waals surface area contributed by atoms with Crippen LogP contribution in [0.15, 0.2) is 66.2 Å². The number of aromatic nitrogens is 2. The minimum Gasteiger partial charge on any atom is -0.419 e. The third kappa shape index (κ3) is 5.59. The first-order valence-corrected chi connectivity index (χ1v) is 14.1. The molecular formula is C29H22F6N4O4S. The molecule has 8 nitrogen and oxygen atoms in total. The van der Waals surface area contributed by atoms with E-state index in [1.165, 1.54) is 23.5 Å². The number of nitrogens with zero attached hydrogens (tertiary/aromatic N) is 3. The van der Waals surface area contributed by atoms with Crippen LogP contribution in [0.1, 0.15) is 5.69 Å². The Labute approximate surface area is 248 Å². The van der Waals surface area contributed by atoms with Crippen molar-refractivity contribution in [3.05, 3.63) is 71.9 Å². The summed E-state index contributed by atoms with van der Waals surface area (Å²) in [6, 6.07) is 14.7. The lowest BCUT2D eigenvalue weighted by atomic mass is 10.1. The number of carbonyl (C=O) groups excluding carboxylic acids is 2. The van der Waals surface area contributed by atoms with Crippen molar-refractivity contribution in [2.24, 2.45) is 0 Å². The first-order chi connectivity index (χ1) is 20.9. The number of carbonyl (C=O) groups is 2. The van der Waals surface area contributed by atoms with E-state index in [-0.39, 0.29) is 28.7 Å². The number of piperazine rings is 1. The number of esters is 1. The Kier molecular flexibility index (Phi) is 7.53. The molecule has 4 heterocycles. The molecule has 0 spiro atoms. The van der Waals surface area contributed by atoms with Gasteiger partial charge in [-0.1, -0.05) is 18.2 Å². The first kappa shape index (κ1) is 29.6. The van der Waals surface area contributed by atoms with Gasteiger partial charge >= 0.3 is 24.3 Å². The maximum atomic E-state index is 13.4. The highest BCUT2D eigenvalue weighted by molar-refractivity contribution is 7.13. The maximum Gasteiger partial charge on any atom is 0.493 e. The van der Waals surface area contributed by atoms with Crippen molar-refractivity contribution in [2.45, 2.75) is 18.9 Å². The molecule has 230 valence electrons. The van der Waals surface area contributed by atoms with Gasteiger partial charge in [0.2, 0.25) is 0 Å². The SMILES string of the molecule is O=C(Oc1cccc2c1c(-c1cccs1)c(CN1CCN(c3cccc4[nH]ccc34)CC1)n2OC(=O)C(F)(F)F)C(F)(F)F. The van der Waals surface area contributed by atoms with Crippen molar-refractivity contribution in [3.63, 3.8) is 0 Å². The Morgan fingerprint density at radius 3 is 2.27 bits per heavy atom. The van der Waals surface area contributed by atoms with Crippen molar-refractivity contribution in [2.75, 3.05) is 31.1 Å². The van der Waals surface area contributed by atoms with Crippen LogP contribution in [0.25, 0.3) is 32.2 Å². The number of hydrogen-bond donors (Lipinski definition) is 1. The van der Waals surface area contributed by atoms with Crippen LogP contribution < -0.4 is 14.5 Å². The molecule has 15 heteroatoms. The van der Waals surface area contributed by atoms with Gasteiger partial charge in [-0.25, -0.2) is 9.59 Å². The smallest absolute Gasteiger partial charge is 0.419 e. The van der Waals surface area contributed by atoms with Crippen LogP contribution in [0, 0.1) is 0 Å². The number of benzene rings is 2. The average Bonchev–Trinajstić information content (AvgIpc) is 3.73. The Hall–Kier alpha value is -4.50. The summed E-state index contributed by atoms with van der Waals surface area (Å²) >= 11 is 1.17. The molecular weight excluding hydrogens is 614 g/mol. The molecule has 0 bridgehead atoms. The molecule has 0 radical (unpaired) electrons. The molecule has 0 amide bonds. The average molecular weight is 637 g/mol. The van der Waals surface area contributed by atoms with E-state index < -0.39 is 30.0 Å². The van der Waals surface area contributed by atoms with Gasteiger partial charge in [0, 0.05) is 66.0 Å². The molecule has 44 heavy (non-hydrogen) atoms. The second-order valence-electron chi connectivity index (χ2n) is 9.99. The molecule has 0 aliphatic carbocycles. The number of halogens is 6. The lowest BCUT2D eigenvalue weighted by Gasteiger charge is -2.36. The zero-order chi connectivity index (χ0) is 31.2. The van der Waals surface area contributed by atoms with Gasteiger partial charge < -0.3 is 19.5 Å². The molecule has 2 aromatic carbocycles. The molecule has 0 unspecified atom stereocenters. The molecule has 1 fully saturated rings. The number of aromatic amines is 1. The normalized spacial score (nSPS) is 14.8. The van der Waals surface area contributed by atoms with E-state index in [9.17, 15) is 35.9 Å². The Balaban J connectivity index is 1.41. The number of nitrogens with one attached hydrogen (secondary N) is 1. The summed E-state index contributed by atoms with van der Waals surface area (Å²) in [6.07, 6.45) is -8.84. The summed E-state index contributed by atoms with van der Waals surface area (Å²) in [5.74, 6) is -5.56. The highest BCUT2D eigenvalue weighted by Crippen LogP contribution is 2.43. The summed E-state index contributed by atoms with van der Waals surface area (Å²) < 4.78 is 84.9. The fourth-order valence-corrected chi connectivity index (χ4v) is 6.14. The number of H-pyrrole nitrogens is 1. The van der Waals surface area contributed by atoms with Crippen LogP contribution >= 0.6 is 11.3 Å². The highest BCUT2D eigenvalue weighted by atomic mass is 32.1. The van der Waals surface area contributed by atoms with E-state index in [2.05, 4.69) is 9.88 Å². The van der Waals surface area contributed by atoms with E-state index in [0.29, 0.717) is 35.8 Å². The van der Waals surface area contributed by atoms with Crippen molar-refractivity contribution >= 4 is 50.8 Å². The summed E-state index contributed by atoms with van der Waals surface area (Å²) in [6.45, 7) is 2.04. The number of thiophene rings is 1. The Bertz CT molecular complexity index is 1840. The van der Waals surface area contributed by atoms with Gasteiger partial charge in [0.15, 0.2) is 0 Å². The summed E-state index contributed by atoms with van der Waals surface area (Å²) in [5, 5.41) is 2.62. The molecule has 6 rings (SSSR count). The van der Waals surface area contributed by atoms with Crippen LogP contribution in [0.3, 0.4) is 0 Å². The van der Waals surface area contributed by atoms with Gasteiger partial charge in [0.1, 0.15) is 5.75 Å². The fraction of sp³-hybridized carbons (Fsp3) is 0.241. The Morgan fingerprint density at radius 2 is 1.59 bits per heavy atom. The summed E-state index contributed by atoms with van der Waals surface area (Å²) in [7, 11) is 0. The minimum atomic E-state index is -5.36. The van der Waals surface area contributed by atoms with Crippen LogP contribution in [0.4, 0.5) is 32.0 Å². The lowest BCUT2D eigenvalue weighted by molar-refractivity contribution is -0.199. The Morgan fingerprint density at radius 1 is 0.864 bits per heavy atom. The number of alkyl halides is 6. The number of fused-ring (bicyclic) bond motifs is 2. The predicted molar refractivity (Wildman–Crippen MR) is 150 cm³/mol. The molecule has 5 aromatic rings. The van der Waals surface area contributed by atoms with Crippen molar-refractivity contribution in [3.8, 4) is 16.2 Å². The van der Waals surface area contributed by atoms with Crippen LogP contribution in [-0.4, -0.2) is 65.1 Å². The monoisotopic (exact) mass is 636 g/mol. The molecule has 0 atom stereocenters. The van der Waals surface area contributed by atoms with Crippen molar-refractivity contribution in [1.82, 2.24) is 14.6 Å². The van der Waals surface area contributed by atoms with E-state index in [1.807, 2.05) is 35.4 Å². The quantitative estimate of drug-likeness (QED) is 0.137.